The Hall–Kier alpha value is -1.84. The summed E-state index contributed by atoms with van der Waals surface area (Å²) in [4.78, 5) is 23.6. The summed E-state index contributed by atoms with van der Waals surface area (Å²) in [5.41, 5.74) is 1.25. The minimum absolute atomic E-state index is 0.0593. The summed E-state index contributed by atoms with van der Waals surface area (Å²) < 4.78 is 0. The molecule has 120 valence electrons. The van der Waals surface area contributed by atoms with Crippen molar-refractivity contribution < 1.29 is 14.7 Å². The van der Waals surface area contributed by atoms with E-state index in [2.05, 4.69) is 17.4 Å². The lowest BCUT2D eigenvalue weighted by molar-refractivity contribution is -0.149. The predicted molar refractivity (Wildman–Crippen MR) is 85.5 cm³/mol. The first-order valence-corrected chi connectivity index (χ1v) is 8.15. The van der Waals surface area contributed by atoms with Crippen molar-refractivity contribution in [1.82, 2.24) is 5.32 Å². The van der Waals surface area contributed by atoms with Crippen LogP contribution in [0, 0.1) is 11.8 Å². The Bertz CT molecular complexity index is 500. The highest BCUT2D eigenvalue weighted by atomic mass is 16.4. The Morgan fingerprint density at radius 2 is 1.82 bits per heavy atom. The lowest BCUT2D eigenvalue weighted by atomic mass is 9.78. The number of nitrogens with one attached hydrogen (secondary N) is 1. The van der Waals surface area contributed by atoms with Crippen molar-refractivity contribution >= 4 is 11.9 Å². The van der Waals surface area contributed by atoms with E-state index in [1.165, 1.54) is 5.56 Å². The van der Waals surface area contributed by atoms with Crippen LogP contribution in [0.25, 0.3) is 0 Å². The van der Waals surface area contributed by atoms with Crippen LogP contribution < -0.4 is 5.32 Å². The largest absolute Gasteiger partial charge is 0.481 e. The van der Waals surface area contributed by atoms with Gasteiger partial charge in [-0.15, -0.1) is 0 Å². The average Bonchev–Trinajstić information content (AvgIpc) is 2.54. The van der Waals surface area contributed by atoms with Crippen molar-refractivity contribution in [3.05, 3.63) is 35.9 Å². The molecule has 0 aromatic heterocycles. The summed E-state index contributed by atoms with van der Waals surface area (Å²) in [5.74, 6) is -1.81. The third-order valence-corrected chi connectivity index (χ3v) is 4.52. The number of amides is 1. The van der Waals surface area contributed by atoms with E-state index in [4.69, 9.17) is 0 Å². The van der Waals surface area contributed by atoms with Crippen molar-refractivity contribution in [3.63, 3.8) is 0 Å². The van der Waals surface area contributed by atoms with Gasteiger partial charge in [-0.3, -0.25) is 9.59 Å². The molecule has 0 bridgehead atoms. The molecule has 1 aromatic rings. The minimum Gasteiger partial charge on any atom is -0.481 e. The smallest absolute Gasteiger partial charge is 0.307 e. The molecule has 1 aliphatic rings. The summed E-state index contributed by atoms with van der Waals surface area (Å²) in [6, 6.07) is 10.2. The number of hydrogen-bond donors (Lipinski definition) is 2. The third-order valence-electron chi connectivity index (χ3n) is 4.52. The van der Waals surface area contributed by atoms with Gasteiger partial charge in [0.2, 0.25) is 5.91 Å². The number of rotatable bonds is 6. The average molecular weight is 303 g/mol. The van der Waals surface area contributed by atoms with Gasteiger partial charge in [0.15, 0.2) is 0 Å². The molecule has 0 spiro atoms. The van der Waals surface area contributed by atoms with E-state index < -0.39 is 11.9 Å². The molecule has 3 atom stereocenters. The number of aliphatic carboxylic acids is 1. The fourth-order valence-corrected chi connectivity index (χ4v) is 3.19. The van der Waals surface area contributed by atoms with Crippen LogP contribution in [0.3, 0.4) is 0 Å². The summed E-state index contributed by atoms with van der Waals surface area (Å²) in [5, 5.41) is 12.3. The van der Waals surface area contributed by atoms with Gasteiger partial charge < -0.3 is 10.4 Å². The van der Waals surface area contributed by atoms with Gasteiger partial charge in [0.25, 0.3) is 0 Å². The van der Waals surface area contributed by atoms with Gasteiger partial charge >= 0.3 is 5.97 Å². The van der Waals surface area contributed by atoms with Gasteiger partial charge in [0, 0.05) is 6.04 Å². The second-order valence-electron chi connectivity index (χ2n) is 6.27. The van der Waals surface area contributed by atoms with Gasteiger partial charge in [-0.2, -0.15) is 0 Å². The van der Waals surface area contributed by atoms with E-state index in [0.29, 0.717) is 12.8 Å². The molecular weight excluding hydrogens is 278 g/mol. The fraction of sp³-hybridized carbons (Fsp3) is 0.556. The zero-order valence-corrected chi connectivity index (χ0v) is 13.1. The van der Waals surface area contributed by atoms with Gasteiger partial charge in [-0.05, 0) is 38.2 Å². The van der Waals surface area contributed by atoms with E-state index in [1.54, 1.807) is 0 Å². The molecule has 1 saturated carbocycles. The van der Waals surface area contributed by atoms with Gasteiger partial charge in [0.1, 0.15) is 0 Å². The van der Waals surface area contributed by atoms with E-state index in [9.17, 15) is 14.7 Å². The molecule has 3 unspecified atom stereocenters. The number of carbonyl (C=O) groups excluding carboxylic acids is 1. The van der Waals surface area contributed by atoms with Crippen molar-refractivity contribution in [2.45, 2.75) is 51.5 Å². The maximum Gasteiger partial charge on any atom is 0.307 e. The Balaban J connectivity index is 1.83. The lowest BCUT2D eigenvalue weighted by Crippen LogP contribution is -2.43. The van der Waals surface area contributed by atoms with Crippen LogP contribution >= 0.6 is 0 Å². The van der Waals surface area contributed by atoms with E-state index in [0.717, 1.165) is 25.7 Å². The maximum atomic E-state index is 12.4. The van der Waals surface area contributed by atoms with Crippen molar-refractivity contribution in [3.8, 4) is 0 Å². The minimum atomic E-state index is -0.836. The highest BCUT2D eigenvalue weighted by Crippen LogP contribution is 2.30. The first kappa shape index (κ1) is 16.5. The standard InChI is InChI=1S/C18H25NO3/c1-13(11-12-14-7-3-2-4-8-14)19-17(20)15-9-5-6-10-16(15)18(21)22/h2-4,7-8,13,15-16H,5-6,9-12H2,1H3,(H,19,20)(H,21,22). The SMILES string of the molecule is CC(CCc1ccccc1)NC(=O)C1CCCCC1C(=O)O. The second kappa shape index (κ2) is 7.97. The lowest BCUT2D eigenvalue weighted by Gasteiger charge is -2.28. The molecule has 1 aliphatic carbocycles. The molecule has 0 radical (unpaired) electrons. The molecule has 2 N–H and O–H groups in total. The Kier molecular flexibility index (Phi) is 5.99. The molecule has 1 amide bonds. The highest BCUT2D eigenvalue weighted by molar-refractivity contribution is 5.85. The molecule has 1 fully saturated rings. The number of carboxylic acid groups (broad SMARTS) is 1. The number of carboxylic acids is 1. The predicted octanol–water partition coefficient (Wildman–Crippen LogP) is 3.01. The van der Waals surface area contributed by atoms with Crippen molar-refractivity contribution in [1.29, 1.82) is 0 Å². The number of aryl methyl sites for hydroxylation is 1. The van der Waals surface area contributed by atoms with E-state index in [-0.39, 0.29) is 17.9 Å². The Labute approximate surface area is 131 Å². The van der Waals surface area contributed by atoms with Crippen LogP contribution in [-0.2, 0) is 16.0 Å². The summed E-state index contributed by atoms with van der Waals surface area (Å²) in [7, 11) is 0. The highest BCUT2D eigenvalue weighted by Gasteiger charge is 2.35. The molecular formula is C18H25NO3. The first-order chi connectivity index (χ1) is 10.6. The summed E-state index contributed by atoms with van der Waals surface area (Å²) in [6.07, 6.45) is 4.93. The van der Waals surface area contributed by atoms with Gasteiger partial charge in [0.05, 0.1) is 11.8 Å². The van der Waals surface area contributed by atoms with Crippen LogP contribution in [0.5, 0.6) is 0 Å². The van der Waals surface area contributed by atoms with Crippen LogP contribution in [0.15, 0.2) is 30.3 Å². The topological polar surface area (TPSA) is 66.4 Å². The van der Waals surface area contributed by atoms with Crippen LogP contribution in [0.2, 0.25) is 0 Å². The monoisotopic (exact) mass is 303 g/mol. The summed E-state index contributed by atoms with van der Waals surface area (Å²) in [6.45, 7) is 1.99. The zero-order valence-electron chi connectivity index (χ0n) is 13.1. The molecule has 0 saturated heterocycles. The van der Waals surface area contributed by atoms with Crippen molar-refractivity contribution in [2.75, 3.05) is 0 Å². The molecule has 4 nitrogen and oxygen atoms in total. The molecule has 1 aromatic carbocycles. The Morgan fingerprint density at radius 1 is 1.18 bits per heavy atom. The summed E-state index contributed by atoms with van der Waals surface area (Å²) >= 11 is 0. The van der Waals surface area contributed by atoms with Gasteiger partial charge in [-0.1, -0.05) is 43.2 Å². The van der Waals surface area contributed by atoms with E-state index >= 15 is 0 Å². The van der Waals surface area contributed by atoms with Crippen LogP contribution in [-0.4, -0.2) is 23.0 Å². The van der Waals surface area contributed by atoms with E-state index in [1.807, 2.05) is 25.1 Å². The molecule has 0 heterocycles. The maximum absolute atomic E-state index is 12.4. The zero-order chi connectivity index (χ0) is 15.9. The third kappa shape index (κ3) is 4.58. The molecule has 2 rings (SSSR count). The molecule has 22 heavy (non-hydrogen) atoms. The Morgan fingerprint density at radius 3 is 2.45 bits per heavy atom. The van der Waals surface area contributed by atoms with Gasteiger partial charge in [-0.25, -0.2) is 0 Å². The van der Waals surface area contributed by atoms with Crippen LogP contribution in [0.1, 0.15) is 44.6 Å². The number of hydrogen-bond acceptors (Lipinski definition) is 2. The number of carbonyl (C=O) groups is 2. The fourth-order valence-electron chi connectivity index (χ4n) is 3.19. The first-order valence-electron chi connectivity index (χ1n) is 8.15. The molecule has 4 heteroatoms. The second-order valence-corrected chi connectivity index (χ2v) is 6.27. The molecule has 0 aliphatic heterocycles. The quantitative estimate of drug-likeness (QED) is 0.849. The normalized spacial score (nSPS) is 22.8. The van der Waals surface area contributed by atoms with Crippen LogP contribution in [0.4, 0.5) is 0 Å². The van der Waals surface area contributed by atoms with Crippen molar-refractivity contribution in [2.24, 2.45) is 11.8 Å². The number of benzene rings is 1.